The second-order valence-corrected chi connectivity index (χ2v) is 11.9. The summed E-state index contributed by atoms with van der Waals surface area (Å²) in [5, 5.41) is 22.1. The summed E-state index contributed by atoms with van der Waals surface area (Å²) in [6, 6.07) is 0. The van der Waals surface area contributed by atoms with E-state index < -0.39 is 0 Å². The van der Waals surface area contributed by atoms with E-state index in [1.54, 1.807) is 0 Å². The molecule has 4 fully saturated rings. The first-order chi connectivity index (χ1) is 13.3. The van der Waals surface area contributed by atoms with Gasteiger partial charge in [0.15, 0.2) is 0 Å². The summed E-state index contributed by atoms with van der Waals surface area (Å²) in [5.74, 6) is 4.45. The molecule has 0 radical (unpaired) electrons. The number of rotatable bonds is 4. The molecular formula is C26H46O2. The van der Waals surface area contributed by atoms with Crippen LogP contribution in [-0.4, -0.2) is 22.4 Å². The monoisotopic (exact) mass is 390 g/mol. The Labute approximate surface area is 173 Å². The Hall–Kier alpha value is -0.0800. The summed E-state index contributed by atoms with van der Waals surface area (Å²) in [5.41, 5.74) is 0.769. The van der Waals surface area contributed by atoms with Gasteiger partial charge in [-0.15, -0.1) is 0 Å². The summed E-state index contributed by atoms with van der Waals surface area (Å²) in [7, 11) is 0. The van der Waals surface area contributed by atoms with Crippen molar-refractivity contribution in [2.24, 2.45) is 52.3 Å². The van der Waals surface area contributed by atoms with Gasteiger partial charge in [-0.2, -0.15) is 0 Å². The van der Waals surface area contributed by atoms with Gasteiger partial charge in [0, 0.05) is 0 Å². The molecule has 0 spiro atoms. The lowest BCUT2D eigenvalue weighted by molar-refractivity contribution is -0.203. The van der Waals surface area contributed by atoms with Gasteiger partial charge in [0.2, 0.25) is 0 Å². The van der Waals surface area contributed by atoms with E-state index in [1.807, 2.05) is 0 Å². The van der Waals surface area contributed by atoms with Gasteiger partial charge in [0.1, 0.15) is 0 Å². The highest BCUT2D eigenvalue weighted by atomic mass is 16.3. The zero-order chi connectivity index (χ0) is 20.3. The van der Waals surface area contributed by atoms with Crippen molar-refractivity contribution in [3.05, 3.63) is 0 Å². The van der Waals surface area contributed by atoms with E-state index in [0.717, 1.165) is 31.1 Å². The predicted octanol–water partition coefficient (Wildman–Crippen LogP) is 6.05. The normalized spacial score (nSPS) is 54.5. The second-order valence-electron chi connectivity index (χ2n) is 11.9. The van der Waals surface area contributed by atoms with Crippen LogP contribution >= 0.6 is 0 Å². The van der Waals surface area contributed by atoms with E-state index in [2.05, 4.69) is 34.6 Å². The minimum Gasteiger partial charge on any atom is -0.393 e. The van der Waals surface area contributed by atoms with Crippen LogP contribution in [0.4, 0.5) is 0 Å². The Morgan fingerprint density at radius 2 is 1.57 bits per heavy atom. The summed E-state index contributed by atoms with van der Waals surface area (Å²) < 4.78 is 0. The molecule has 2 heteroatoms. The molecule has 1 unspecified atom stereocenters. The lowest BCUT2D eigenvalue weighted by atomic mass is 9.41. The lowest BCUT2D eigenvalue weighted by Crippen LogP contribution is -2.62. The van der Waals surface area contributed by atoms with Crippen LogP contribution in [0.3, 0.4) is 0 Å². The van der Waals surface area contributed by atoms with Crippen molar-refractivity contribution in [1.82, 2.24) is 0 Å². The first-order valence-electron chi connectivity index (χ1n) is 12.6. The molecule has 2 N–H and O–H groups in total. The zero-order valence-electron chi connectivity index (χ0n) is 19.2. The molecule has 0 heterocycles. The molecule has 0 aromatic carbocycles. The maximum absolute atomic E-state index is 11.7. The third-order valence-corrected chi connectivity index (χ3v) is 10.9. The van der Waals surface area contributed by atoms with E-state index >= 15 is 0 Å². The number of hydrogen-bond acceptors (Lipinski definition) is 2. The zero-order valence-corrected chi connectivity index (χ0v) is 19.2. The van der Waals surface area contributed by atoms with E-state index in [1.165, 1.54) is 44.9 Å². The molecule has 0 amide bonds. The standard InChI is InChI=1S/C26H46O2/c1-6-8-16(3)19-9-10-20-23-21(12-14-25(19,20)4)26(5)13-11-17(27)15-22(26)18(7-2)24(23)28/h16-24,27-28H,6-15H2,1-5H3/t16?,17-,18-,19-,20+,21+,22+,23+,24-,25-,26-/m1/s1. The molecule has 0 aromatic rings. The van der Waals surface area contributed by atoms with Crippen LogP contribution in [-0.2, 0) is 0 Å². The van der Waals surface area contributed by atoms with Crippen LogP contribution in [0, 0.1) is 52.3 Å². The van der Waals surface area contributed by atoms with Crippen LogP contribution in [0.15, 0.2) is 0 Å². The molecule has 0 saturated heterocycles. The van der Waals surface area contributed by atoms with Crippen molar-refractivity contribution in [2.45, 2.75) is 111 Å². The van der Waals surface area contributed by atoms with Crippen LogP contribution < -0.4 is 0 Å². The molecule has 28 heavy (non-hydrogen) atoms. The molecule has 2 nitrogen and oxygen atoms in total. The van der Waals surface area contributed by atoms with Gasteiger partial charge in [0.05, 0.1) is 12.2 Å². The third kappa shape index (κ3) is 2.95. The van der Waals surface area contributed by atoms with Crippen LogP contribution in [0.25, 0.3) is 0 Å². The van der Waals surface area contributed by atoms with Crippen LogP contribution in [0.5, 0.6) is 0 Å². The number of aliphatic hydroxyl groups is 2. The molecule has 0 aliphatic heterocycles. The average molecular weight is 391 g/mol. The Kier molecular flexibility index (Phi) is 5.71. The average Bonchev–Trinajstić information content (AvgIpc) is 3.01. The van der Waals surface area contributed by atoms with Crippen molar-refractivity contribution in [3.8, 4) is 0 Å². The minimum absolute atomic E-state index is 0.143. The van der Waals surface area contributed by atoms with Gasteiger partial charge in [0.25, 0.3) is 0 Å². The second kappa shape index (κ2) is 7.56. The SMILES string of the molecule is CCCC(C)[C@H]1CC[C@H]2[C@@H]3[C@H](O)[C@H](CC)[C@@H]4C[C@H](O)CC[C@]4(C)[C@H]3CC[C@]12C. The highest BCUT2D eigenvalue weighted by Gasteiger charge is 2.64. The summed E-state index contributed by atoms with van der Waals surface area (Å²) in [6.45, 7) is 12.3. The predicted molar refractivity (Wildman–Crippen MR) is 116 cm³/mol. The molecular weight excluding hydrogens is 344 g/mol. The molecule has 162 valence electrons. The van der Waals surface area contributed by atoms with Crippen molar-refractivity contribution >= 4 is 0 Å². The van der Waals surface area contributed by atoms with Crippen molar-refractivity contribution in [2.75, 3.05) is 0 Å². The highest BCUT2D eigenvalue weighted by molar-refractivity contribution is 5.13. The van der Waals surface area contributed by atoms with Crippen molar-refractivity contribution in [1.29, 1.82) is 0 Å². The number of aliphatic hydroxyl groups excluding tert-OH is 2. The fraction of sp³-hybridized carbons (Fsp3) is 1.00. The quantitative estimate of drug-likeness (QED) is 0.613. The number of hydrogen-bond donors (Lipinski definition) is 2. The molecule has 0 bridgehead atoms. The van der Waals surface area contributed by atoms with Crippen LogP contribution in [0.2, 0.25) is 0 Å². The topological polar surface area (TPSA) is 40.5 Å². The molecule has 11 atom stereocenters. The Morgan fingerprint density at radius 1 is 0.893 bits per heavy atom. The van der Waals surface area contributed by atoms with Gasteiger partial charge in [-0.25, -0.2) is 0 Å². The Morgan fingerprint density at radius 3 is 2.25 bits per heavy atom. The lowest BCUT2D eigenvalue weighted by Gasteiger charge is -2.64. The van der Waals surface area contributed by atoms with E-state index in [4.69, 9.17) is 0 Å². The fourth-order valence-electron chi connectivity index (χ4n) is 9.59. The van der Waals surface area contributed by atoms with Crippen molar-refractivity contribution < 1.29 is 10.2 Å². The summed E-state index contributed by atoms with van der Waals surface area (Å²) in [4.78, 5) is 0. The Bertz CT molecular complexity index is 561. The first-order valence-corrected chi connectivity index (χ1v) is 12.6. The maximum Gasteiger partial charge on any atom is 0.0605 e. The van der Waals surface area contributed by atoms with Gasteiger partial charge >= 0.3 is 0 Å². The van der Waals surface area contributed by atoms with E-state index in [9.17, 15) is 10.2 Å². The molecule has 4 saturated carbocycles. The maximum atomic E-state index is 11.7. The van der Waals surface area contributed by atoms with Crippen molar-refractivity contribution in [3.63, 3.8) is 0 Å². The molecule has 4 rings (SSSR count). The molecule has 4 aliphatic carbocycles. The first kappa shape index (κ1) is 21.2. The fourth-order valence-corrected chi connectivity index (χ4v) is 9.59. The minimum atomic E-state index is -0.150. The molecule has 4 aliphatic rings. The highest BCUT2D eigenvalue weighted by Crippen LogP contribution is 2.69. The molecule has 0 aromatic heterocycles. The van der Waals surface area contributed by atoms with E-state index in [-0.39, 0.29) is 12.2 Å². The van der Waals surface area contributed by atoms with Gasteiger partial charge < -0.3 is 10.2 Å². The van der Waals surface area contributed by atoms with E-state index in [0.29, 0.717) is 40.4 Å². The van der Waals surface area contributed by atoms with Gasteiger partial charge in [-0.1, -0.05) is 53.9 Å². The van der Waals surface area contributed by atoms with Gasteiger partial charge in [-0.05, 0) is 97.2 Å². The van der Waals surface area contributed by atoms with Crippen LogP contribution in [0.1, 0.15) is 98.8 Å². The summed E-state index contributed by atoms with van der Waals surface area (Å²) in [6.07, 6.45) is 11.9. The summed E-state index contributed by atoms with van der Waals surface area (Å²) >= 11 is 0. The Balaban J connectivity index is 1.67. The largest absolute Gasteiger partial charge is 0.393 e. The number of fused-ring (bicyclic) bond motifs is 5. The third-order valence-electron chi connectivity index (χ3n) is 10.9. The smallest absolute Gasteiger partial charge is 0.0605 e. The van der Waals surface area contributed by atoms with Gasteiger partial charge in [-0.3, -0.25) is 0 Å².